The number of pyridine rings is 1. The van der Waals surface area contributed by atoms with Crippen LogP contribution in [0.1, 0.15) is 53.8 Å². The van der Waals surface area contributed by atoms with Gasteiger partial charge < -0.3 is 9.64 Å². The van der Waals surface area contributed by atoms with Gasteiger partial charge in [0, 0.05) is 18.9 Å². The Balaban J connectivity index is 1.53. The van der Waals surface area contributed by atoms with E-state index in [1.54, 1.807) is 17.3 Å². The lowest BCUT2D eigenvalue weighted by Crippen LogP contribution is -2.40. The van der Waals surface area contributed by atoms with Crippen LogP contribution >= 0.6 is 0 Å². The fourth-order valence-corrected chi connectivity index (χ4v) is 3.68. The molecular weight excluding hydrogens is 396 g/mol. The highest BCUT2D eigenvalue weighted by Gasteiger charge is 2.32. The second-order valence-corrected chi connectivity index (χ2v) is 7.22. The highest BCUT2D eigenvalue weighted by molar-refractivity contribution is 5.92. The third kappa shape index (κ3) is 4.55. The number of H-pyrrole nitrogens is 1. The Kier molecular flexibility index (Phi) is 6.21. The normalized spacial score (nSPS) is 16.5. The maximum atomic E-state index is 13.1. The second kappa shape index (κ2) is 9.38. The molecule has 1 saturated heterocycles. The molecule has 1 atom stereocenters. The van der Waals surface area contributed by atoms with Crippen LogP contribution in [-0.4, -0.2) is 50.3 Å². The summed E-state index contributed by atoms with van der Waals surface area (Å²) in [6, 6.07) is 11.0. The molecule has 1 aliphatic heterocycles. The topological polar surface area (TPSA) is 105 Å². The number of rotatable bonds is 6. The van der Waals surface area contributed by atoms with Gasteiger partial charge in [-0.15, -0.1) is 9.89 Å². The van der Waals surface area contributed by atoms with Crippen molar-refractivity contribution in [2.75, 3.05) is 13.2 Å². The van der Waals surface area contributed by atoms with Crippen molar-refractivity contribution in [1.29, 1.82) is 0 Å². The molecule has 1 N–H and O–H groups in total. The second-order valence-electron chi connectivity index (χ2n) is 7.22. The highest BCUT2D eigenvalue weighted by atomic mass is 16.5. The van der Waals surface area contributed by atoms with Gasteiger partial charge in [0.2, 0.25) is 5.69 Å². The maximum Gasteiger partial charge on any atom is 0.320 e. The van der Waals surface area contributed by atoms with E-state index >= 15 is 0 Å². The predicted molar refractivity (Wildman–Crippen MR) is 115 cm³/mol. The summed E-state index contributed by atoms with van der Waals surface area (Å²) < 4.78 is 5.41. The number of hydrogen-bond donors (Lipinski definition) is 1. The minimum Gasteiger partial charge on any atom is -0.494 e. The molecule has 3 aromatic rings. The van der Waals surface area contributed by atoms with E-state index < -0.39 is 11.5 Å². The molecule has 1 aliphatic rings. The Morgan fingerprint density at radius 3 is 2.87 bits per heavy atom. The van der Waals surface area contributed by atoms with Crippen LogP contribution in [0.5, 0.6) is 5.75 Å². The molecule has 2 aromatic heterocycles. The van der Waals surface area contributed by atoms with Gasteiger partial charge >= 0.3 is 5.56 Å². The molecule has 0 radical (unpaired) electrons. The van der Waals surface area contributed by atoms with Gasteiger partial charge in [-0.25, -0.2) is 0 Å². The third-order valence-corrected chi connectivity index (χ3v) is 5.20. The first-order valence-electron chi connectivity index (χ1n) is 10.3. The first-order chi connectivity index (χ1) is 15.2. The molecule has 0 bridgehead atoms. The summed E-state index contributed by atoms with van der Waals surface area (Å²) in [5, 5.41) is 10.6. The van der Waals surface area contributed by atoms with E-state index in [-0.39, 0.29) is 11.7 Å². The van der Waals surface area contributed by atoms with Gasteiger partial charge in [-0.3, -0.25) is 14.6 Å². The van der Waals surface area contributed by atoms with Crippen LogP contribution in [-0.2, 0) is 0 Å². The molecule has 0 saturated carbocycles. The summed E-state index contributed by atoms with van der Waals surface area (Å²) >= 11 is 0. The van der Waals surface area contributed by atoms with Crippen LogP contribution in [0.4, 0.5) is 0 Å². The van der Waals surface area contributed by atoms with E-state index in [9.17, 15) is 9.59 Å². The van der Waals surface area contributed by atoms with Crippen molar-refractivity contribution in [2.24, 2.45) is 5.10 Å². The van der Waals surface area contributed by atoms with Crippen LogP contribution in [0.2, 0.25) is 0 Å². The van der Waals surface area contributed by atoms with Gasteiger partial charge in [0.25, 0.3) is 5.91 Å². The van der Waals surface area contributed by atoms with Crippen LogP contribution in [0, 0.1) is 0 Å². The Hall–Kier alpha value is -3.75. The van der Waals surface area contributed by atoms with Crippen molar-refractivity contribution in [2.45, 2.75) is 32.2 Å². The summed E-state index contributed by atoms with van der Waals surface area (Å²) in [6.45, 7) is 3.08. The van der Waals surface area contributed by atoms with Crippen LogP contribution in [0.3, 0.4) is 0 Å². The Bertz CT molecular complexity index is 1100. The number of aromatic nitrogens is 4. The number of likely N-dealkylation sites (tertiary alicyclic amines) is 1. The SMILES string of the molecule is CCOc1ccc(C=Nn2[nH]nc(C(=O)N3CCCCC3c3cccnc3)c2=O)cc1. The van der Waals surface area contributed by atoms with E-state index in [2.05, 4.69) is 20.4 Å². The summed E-state index contributed by atoms with van der Waals surface area (Å²) in [6.07, 6.45) is 7.71. The van der Waals surface area contributed by atoms with Gasteiger partial charge in [0.05, 0.1) is 18.9 Å². The number of piperidine rings is 1. The molecule has 0 spiro atoms. The monoisotopic (exact) mass is 420 g/mol. The van der Waals surface area contributed by atoms with E-state index in [1.807, 2.05) is 43.3 Å². The number of aromatic amines is 1. The zero-order valence-electron chi connectivity index (χ0n) is 17.3. The Labute approximate surface area is 179 Å². The predicted octanol–water partition coefficient (Wildman–Crippen LogP) is 2.61. The van der Waals surface area contributed by atoms with E-state index in [4.69, 9.17) is 4.74 Å². The van der Waals surface area contributed by atoms with Gasteiger partial charge in [0.1, 0.15) is 5.75 Å². The smallest absolute Gasteiger partial charge is 0.320 e. The fourth-order valence-electron chi connectivity index (χ4n) is 3.68. The number of nitrogens with one attached hydrogen (secondary N) is 1. The molecule has 9 nitrogen and oxygen atoms in total. The number of amides is 1. The molecule has 9 heteroatoms. The summed E-state index contributed by atoms with van der Waals surface area (Å²) in [5.41, 5.74) is 0.993. The summed E-state index contributed by atoms with van der Waals surface area (Å²) in [7, 11) is 0. The summed E-state index contributed by atoms with van der Waals surface area (Å²) in [5.74, 6) is 0.362. The molecule has 1 amide bonds. The first kappa shape index (κ1) is 20.5. The number of carbonyl (C=O) groups is 1. The number of nitrogens with zero attached hydrogens (tertiary/aromatic N) is 5. The molecule has 4 rings (SSSR count). The molecule has 160 valence electrons. The zero-order chi connectivity index (χ0) is 21.6. The van der Waals surface area contributed by atoms with Crippen molar-refractivity contribution in [3.8, 4) is 5.75 Å². The number of carbonyl (C=O) groups excluding carboxylic acids is 1. The van der Waals surface area contributed by atoms with Crippen molar-refractivity contribution in [3.63, 3.8) is 0 Å². The van der Waals surface area contributed by atoms with Crippen LogP contribution < -0.4 is 10.3 Å². The van der Waals surface area contributed by atoms with Gasteiger partial charge in [-0.05, 0) is 67.6 Å². The molecule has 1 fully saturated rings. The lowest BCUT2D eigenvalue weighted by molar-refractivity contribution is 0.0603. The Morgan fingerprint density at radius 2 is 2.13 bits per heavy atom. The molecule has 3 heterocycles. The molecule has 0 aliphatic carbocycles. The zero-order valence-corrected chi connectivity index (χ0v) is 17.3. The average molecular weight is 420 g/mol. The van der Waals surface area contributed by atoms with Crippen LogP contribution in [0.25, 0.3) is 0 Å². The van der Waals surface area contributed by atoms with E-state index in [1.165, 1.54) is 6.21 Å². The Morgan fingerprint density at radius 1 is 1.29 bits per heavy atom. The fraction of sp³-hybridized carbons (Fsp3) is 0.318. The maximum absolute atomic E-state index is 13.1. The van der Waals surface area contributed by atoms with Gasteiger partial charge in [-0.2, -0.15) is 10.3 Å². The van der Waals surface area contributed by atoms with Gasteiger partial charge in [-0.1, -0.05) is 6.07 Å². The molecule has 1 aromatic carbocycles. The highest BCUT2D eigenvalue weighted by Crippen LogP contribution is 2.31. The number of hydrogen-bond acceptors (Lipinski definition) is 6. The third-order valence-electron chi connectivity index (χ3n) is 5.20. The van der Waals surface area contributed by atoms with Gasteiger partial charge in [0.15, 0.2) is 0 Å². The van der Waals surface area contributed by atoms with Crippen molar-refractivity contribution in [3.05, 3.63) is 76.0 Å². The quantitative estimate of drug-likeness (QED) is 0.617. The minimum atomic E-state index is -0.581. The van der Waals surface area contributed by atoms with Crippen LogP contribution in [0.15, 0.2) is 58.7 Å². The number of ether oxygens (including phenoxy) is 1. The first-order valence-corrected chi connectivity index (χ1v) is 10.3. The molecule has 31 heavy (non-hydrogen) atoms. The standard InChI is InChI=1S/C22H24N6O3/c1-2-31-18-10-8-16(9-11-18)14-24-28-22(30)20(25-26-28)21(29)27-13-4-3-7-19(27)17-6-5-12-23-15-17/h5-6,8-12,14-15,19,26H,2-4,7,13H2,1H3. The molecule has 1 unspecified atom stereocenters. The van der Waals surface area contributed by atoms with E-state index in [0.717, 1.165) is 40.9 Å². The number of benzene rings is 1. The van der Waals surface area contributed by atoms with Crippen molar-refractivity contribution >= 4 is 12.1 Å². The summed E-state index contributed by atoms with van der Waals surface area (Å²) in [4.78, 5) is 32.7. The van der Waals surface area contributed by atoms with Crippen molar-refractivity contribution < 1.29 is 9.53 Å². The lowest BCUT2D eigenvalue weighted by Gasteiger charge is -2.35. The van der Waals surface area contributed by atoms with Crippen molar-refractivity contribution in [1.82, 2.24) is 25.0 Å². The molecular formula is C22H24N6O3. The average Bonchev–Trinajstić information content (AvgIpc) is 3.19. The lowest BCUT2D eigenvalue weighted by atomic mass is 9.96. The minimum absolute atomic E-state index is 0.119. The van der Waals surface area contributed by atoms with E-state index in [0.29, 0.717) is 13.2 Å². The largest absolute Gasteiger partial charge is 0.494 e.